The molecule has 0 aliphatic carbocycles. The van der Waals surface area contributed by atoms with Crippen LogP contribution < -0.4 is 4.90 Å². The Hall–Kier alpha value is -1.55. The van der Waals surface area contributed by atoms with Crippen LogP contribution in [-0.4, -0.2) is 38.4 Å². The highest BCUT2D eigenvalue weighted by Crippen LogP contribution is 2.13. The molecule has 16 heavy (non-hydrogen) atoms. The van der Waals surface area contributed by atoms with Gasteiger partial charge in [0, 0.05) is 33.0 Å². The molecule has 0 saturated heterocycles. The number of nitrogens with zero attached hydrogens (tertiary/aromatic N) is 1. The van der Waals surface area contributed by atoms with Gasteiger partial charge in [0.2, 0.25) is 0 Å². The fraction of sp³-hybridized carbons (Fsp3) is 0.417. The van der Waals surface area contributed by atoms with E-state index in [1.54, 1.807) is 19.2 Å². The Bertz CT molecular complexity index is 335. The number of carboxylic acids is 1. The molecule has 1 N–H and O–H groups in total. The highest BCUT2D eigenvalue weighted by molar-refractivity contribution is 5.88. The molecular weight excluding hydrogens is 206 g/mol. The van der Waals surface area contributed by atoms with Gasteiger partial charge in [-0.3, -0.25) is 0 Å². The van der Waals surface area contributed by atoms with E-state index in [1.807, 2.05) is 19.2 Å². The molecule has 88 valence electrons. The summed E-state index contributed by atoms with van der Waals surface area (Å²) in [6.07, 6.45) is 0.952. The Balaban J connectivity index is 2.56. The van der Waals surface area contributed by atoms with Crippen molar-refractivity contribution in [3.63, 3.8) is 0 Å². The summed E-state index contributed by atoms with van der Waals surface area (Å²) < 4.78 is 4.97. The minimum Gasteiger partial charge on any atom is -0.478 e. The van der Waals surface area contributed by atoms with Crippen molar-refractivity contribution in [2.24, 2.45) is 0 Å². The van der Waals surface area contributed by atoms with Crippen molar-refractivity contribution < 1.29 is 14.6 Å². The average Bonchev–Trinajstić information content (AvgIpc) is 2.29. The summed E-state index contributed by atoms with van der Waals surface area (Å²) in [4.78, 5) is 12.7. The number of ether oxygens (including phenoxy) is 1. The Morgan fingerprint density at radius 3 is 2.50 bits per heavy atom. The lowest BCUT2D eigenvalue weighted by molar-refractivity contribution is 0.0697. The zero-order valence-corrected chi connectivity index (χ0v) is 9.64. The summed E-state index contributed by atoms with van der Waals surface area (Å²) in [5, 5.41) is 8.76. The topological polar surface area (TPSA) is 49.8 Å². The number of benzene rings is 1. The monoisotopic (exact) mass is 223 g/mol. The summed E-state index contributed by atoms with van der Waals surface area (Å²) >= 11 is 0. The Morgan fingerprint density at radius 2 is 2.00 bits per heavy atom. The Kier molecular flexibility index (Phi) is 4.79. The molecule has 4 heteroatoms. The van der Waals surface area contributed by atoms with Gasteiger partial charge in [0.1, 0.15) is 0 Å². The van der Waals surface area contributed by atoms with E-state index in [0.29, 0.717) is 5.56 Å². The molecule has 0 spiro atoms. The van der Waals surface area contributed by atoms with E-state index in [9.17, 15) is 4.79 Å². The van der Waals surface area contributed by atoms with Crippen LogP contribution >= 0.6 is 0 Å². The zero-order valence-electron chi connectivity index (χ0n) is 9.64. The zero-order chi connectivity index (χ0) is 12.0. The van der Waals surface area contributed by atoms with Crippen molar-refractivity contribution >= 4 is 11.7 Å². The van der Waals surface area contributed by atoms with Crippen LogP contribution in [0.2, 0.25) is 0 Å². The van der Waals surface area contributed by atoms with Crippen molar-refractivity contribution in [1.82, 2.24) is 0 Å². The predicted octanol–water partition coefficient (Wildman–Crippen LogP) is 1.86. The fourth-order valence-electron chi connectivity index (χ4n) is 1.43. The first-order valence-electron chi connectivity index (χ1n) is 5.18. The maximum Gasteiger partial charge on any atom is 0.335 e. The van der Waals surface area contributed by atoms with Gasteiger partial charge in [0.25, 0.3) is 0 Å². The van der Waals surface area contributed by atoms with Crippen molar-refractivity contribution in [2.45, 2.75) is 6.42 Å². The highest BCUT2D eigenvalue weighted by atomic mass is 16.5. The summed E-state index contributed by atoms with van der Waals surface area (Å²) in [6.45, 7) is 1.62. The number of carboxylic acid groups (broad SMARTS) is 1. The van der Waals surface area contributed by atoms with E-state index >= 15 is 0 Å². The summed E-state index contributed by atoms with van der Waals surface area (Å²) in [5.74, 6) is -0.895. The molecule has 0 aliphatic heterocycles. The van der Waals surface area contributed by atoms with Gasteiger partial charge in [-0.25, -0.2) is 4.79 Å². The molecule has 1 aromatic rings. The van der Waals surface area contributed by atoms with Gasteiger partial charge in [-0.15, -0.1) is 0 Å². The van der Waals surface area contributed by atoms with Crippen molar-refractivity contribution in [2.75, 3.05) is 32.2 Å². The lowest BCUT2D eigenvalue weighted by Gasteiger charge is -2.19. The van der Waals surface area contributed by atoms with Crippen LogP contribution in [0.5, 0.6) is 0 Å². The van der Waals surface area contributed by atoms with Crippen molar-refractivity contribution in [3.8, 4) is 0 Å². The normalized spacial score (nSPS) is 10.1. The maximum atomic E-state index is 10.7. The van der Waals surface area contributed by atoms with E-state index in [0.717, 1.165) is 25.3 Å². The number of aromatic carboxylic acids is 1. The molecule has 0 bridgehead atoms. The van der Waals surface area contributed by atoms with Gasteiger partial charge in [0.05, 0.1) is 5.56 Å². The third kappa shape index (κ3) is 3.55. The van der Waals surface area contributed by atoms with Gasteiger partial charge in [-0.1, -0.05) is 0 Å². The Morgan fingerprint density at radius 1 is 1.38 bits per heavy atom. The SMILES string of the molecule is COCCCN(C)c1ccc(C(=O)O)cc1. The van der Waals surface area contributed by atoms with Gasteiger partial charge < -0.3 is 14.7 Å². The smallest absolute Gasteiger partial charge is 0.335 e. The molecule has 0 amide bonds. The molecule has 0 atom stereocenters. The lowest BCUT2D eigenvalue weighted by Crippen LogP contribution is -2.19. The third-order valence-electron chi connectivity index (χ3n) is 2.40. The van der Waals surface area contributed by atoms with Gasteiger partial charge in [-0.2, -0.15) is 0 Å². The molecule has 0 aliphatic rings. The first-order chi connectivity index (χ1) is 7.65. The van der Waals surface area contributed by atoms with Crippen LogP contribution in [0.3, 0.4) is 0 Å². The summed E-state index contributed by atoms with van der Waals surface area (Å²) in [5.41, 5.74) is 1.33. The van der Waals surface area contributed by atoms with E-state index < -0.39 is 5.97 Å². The second-order valence-corrected chi connectivity index (χ2v) is 3.62. The standard InChI is InChI=1S/C12H17NO3/c1-13(8-3-9-16-2)11-6-4-10(5-7-11)12(14)15/h4-7H,3,8-9H2,1-2H3,(H,14,15). The lowest BCUT2D eigenvalue weighted by atomic mass is 10.2. The summed E-state index contributed by atoms with van der Waals surface area (Å²) in [7, 11) is 3.66. The average molecular weight is 223 g/mol. The van der Waals surface area contributed by atoms with E-state index in [-0.39, 0.29) is 0 Å². The maximum absolute atomic E-state index is 10.7. The third-order valence-corrected chi connectivity index (χ3v) is 2.40. The van der Waals surface area contributed by atoms with Crippen LogP contribution in [0.1, 0.15) is 16.8 Å². The number of hydrogen-bond acceptors (Lipinski definition) is 3. The first-order valence-corrected chi connectivity index (χ1v) is 5.18. The van der Waals surface area contributed by atoms with Crippen LogP contribution in [0.4, 0.5) is 5.69 Å². The molecular formula is C12H17NO3. The van der Waals surface area contributed by atoms with Gasteiger partial charge in [-0.05, 0) is 30.7 Å². The number of methoxy groups -OCH3 is 1. The van der Waals surface area contributed by atoms with Gasteiger partial charge >= 0.3 is 5.97 Å². The second-order valence-electron chi connectivity index (χ2n) is 3.62. The first kappa shape index (κ1) is 12.5. The molecule has 0 saturated carbocycles. The molecule has 1 rings (SSSR count). The molecule has 1 aromatic carbocycles. The van der Waals surface area contributed by atoms with Crippen LogP contribution in [0.15, 0.2) is 24.3 Å². The van der Waals surface area contributed by atoms with Crippen molar-refractivity contribution in [1.29, 1.82) is 0 Å². The second kappa shape index (κ2) is 6.12. The Labute approximate surface area is 95.5 Å². The number of rotatable bonds is 6. The fourth-order valence-corrected chi connectivity index (χ4v) is 1.43. The largest absolute Gasteiger partial charge is 0.478 e. The minimum atomic E-state index is -0.895. The molecule has 4 nitrogen and oxygen atoms in total. The van der Waals surface area contributed by atoms with Gasteiger partial charge in [0.15, 0.2) is 0 Å². The molecule has 0 fully saturated rings. The van der Waals surface area contributed by atoms with Crippen LogP contribution in [-0.2, 0) is 4.74 Å². The summed E-state index contributed by atoms with van der Waals surface area (Å²) in [6, 6.07) is 6.86. The van der Waals surface area contributed by atoms with E-state index in [2.05, 4.69) is 4.90 Å². The molecule has 0 unspecified atom stereocenters. The number of carbonyl (C=O) groups is 1. The van der Waals surface area contributed by atoms with Crippen molar-refractivity contribution in [3.05, 3.63) is 29.8 Å². The number of hydrogen-bond donors (Lipinski definition) is 1. The van der Waals surface area contributed by atoms with E-state index in [4.69, 9.17) is 9.84 Å². The molecule has 0 radical (unpaired) electrons. The number of anilines is 1. The quantitative estimate of drug-likeness (QED) is 0.748. The highest BCUT2D eigenvalue weighted by Gasteiger charge is 2.04. The molecule has 0 aromatic heterocycles. The van der Waals surface area contributed by atoms with Crippen LogP contribution in [0, 0.1) is 0 Å². The van der Waals surface area contributed by atoms with E-state index in [1.165, 1.54) is 0 Å². The minimum absolute atomic E-state index is 0.314. The molecule has 0 heterocycles. The van der Waals surface area contributed by atoms with Crippen LogP contribution in [0.25, 0.3) is 0 Å². The predicted molar refractivity (Wildman–Crippen MR) is 63.2 cm³/mol.